The number of aromatic nitrogens is 3. The molecular formula is C15H13N3O. The van der Waals surface area contributed by atoms with E-state index in [0.29, 0.717) is 0 Å². The highest BCUT2D eigenvalue weighted by Gasteiger charge is 2.04. The smallest absolute Gasteiger partial charge is 0.153 e. The van der Waals surface area contributed by atoms with Crippen molar-refractivity contribution in [2.45, 2.75) is 0 Å². The van der Waals surface area contributed by atoms with Crippen LogP contribution in [0.3, 0.4) is 0 Å². The van der Waals surface area contributed by atoms with Crippen LogP contribution in [-0.4, -0.2) is 21.9 Å². The highest BCUT2D eigenvalue weighted by molar-refractivity contribution is 5.63. The van der Waals surface area contributed by atoms with E-state index in [0.717, 1.165) is 22.7 Å². The van der Waals surface area contributed by atoms with Gasteiger partial charge in [0.1, 0.15) is 5.75 Å². The number of hydrogen-bond donors (Lipinski definition) is 0. The van der Waals surface area contributed by atoms with Crippen molar-refractivity contribution in [2.24, 2.45) is 0 Å². The van der Waals surface area contributed by atoms with Crippen LogP contribution in [0.15, 0.2) is 61.1 Å². The highest BCUT2D eigenvalue weighted by Crippen LogP contribution is 2.23. The van der Waals surface area contributed by atoms with E-state index in [1.807, 2.05) is 54.9 Å². The lowest BCUT2D eigenvalue weighted by Gasteiger charge is -2.02. The molecule has 0 aliphatic heterocycles. The Morgan fingerprint density at radius 3 is 2.79 bits per heavy atom. The molecule has 3 aromatic rings. The Bertz CT molecular complexity index is 677. The molecule has 3 rings (SSSR count). The number of ether oxygens (including phenoxy) is 1. The molecule has 0 spiro atoms. The molecule has 0 aliphatic carbocycles. The fourth-order valence-electron chi connectivity index (χ4n) is 1.89. The summed E-state index contributed by atoms with van der Waals surface area (Å²) in [5.41, 5.74) is 2.10. The maximum absolute atomic E-state index is 5.23. The summed E-state index contributed by atoms with van der Waals surface area (Å²) in [6, 6.07) is 13.6. The highest BCUT2D eigenvalue weighted by atomic mass is 16.5. The standard InChI is InChI=1S/C15H13N3O/c1-19-14-6-4-5-12(9-14)13-10-17-18(11-13)15-7-2-3-8-16-15/h2-11H,1H3. The van der Waals surface area contributed by atoms with Crippen LogP contribution in [0.5, 0.6) is 5.75 Å². The van der Waals surface area contributed by atoms with Gasteiger partial charge in [-0.25, -0.2) is 9.67 Å². The van der Waals surface area contributed by atoms with Crippen LogP contribution in [0.4, 0.5) is 0 Å². The van der Waals surface area contributed by atoms with Crippen LogP contribution < -0.4 is 4.74 Å². The van der Waals surface area contributed by atoms with E-state index in [-0.39, 0.29) is 0 Å². The summed E-state index contributed by atoms with van der Waals surface area (Å²) in [4.78, 5) is 4.27. The van der Waals surface area contributed by atoms with Gasteiger partial charge in [-0.2, -0.15) is 5.10 Å². The van der Waals surface area contributed by atoms with Crippen molar-refractivity contribution in [1.29, 1.82) is 0 Å². The minimum absolute atomic E-state index is 0.802. The van der Waals surface area contributed by atoms with E-state index in [1.165, 1.54) is 0 Å². The quantitative estimate of drug-likeness (QED) is 0.718. The lowest BCUT2D eigenvalue weighted by Crippen LogP contribution is -1.95. The zero-order chi connectivity index (χ0) is 13.1. The Kier molecular flexibility index (Phi) is 2.98. The van der Waals surface area contributed by atoms with Crippen molar-refractivity contribution in [3.05, 3.63) is 61.1 Å². The maximum atomic E-state index is 5.23. The van der Waals surface area contributed by atoms with Crippen LogP contribution in [0.1, 0.15) is 0 Å². The molecule has 0 bridgehead atoms. The molecule has 2 aromatic heterocycles. The van der Waals surface area contributed by atoms with E-state index < -0.39 is 0 Å². The van der Waals surface area contributed by atoms with E-state index in [1.54, 1.807) is 18.0 Å². The fourth-order valence-corrected chi connectivity index (χ4v) is 1.89. The first-order valence-electron chi connectivity index (χ1n) is 5.97. The molecule has 0 N–H and O–H groups in total. The fraction of sp³-hybridized carbons (Fsp3) is 0.0667. The van der Waals surface area contributed by atoms with Crippen molar-refractivity contribution in [2.75, 3.05) is 7.11 Å². The lowest BCUT2D eigenvalue weighted by atomic mass is 10.1. The molecule has 0 atom stereocenters. The van der Waals surface area contributed by atoms with Gasteiger partial charge in [0.05, 0.1) is 13.3 Å². The van der Waals surface area contributed by atoms with Gasteiger partial charge < -0.3 is 4.74 Å². The predicted octanol–water partition coefficient (Wildman–Crippen LogP) is 2.94. The normalized spacial score (nSPS) is 10.4. The van der Waals surface area contributed by atoms with Gasteiger partial charge >= 0.3 is 0 Å². The van der Waals surface area contributed by atoms with Gasteiger partial charge in [0.2, 0.25) is 0 Å². The molecule has 19 heavy (non-hydrogen) atoms. The molecule has 4 heteroatoms. The van der Waals surface area contributed by atoms with Crippen molar-refractivity contribution in [1.82, 2.24) is 14.8 Å². The average molecular weight is 251 g/mol. The van der Waals surface area contributed by atoms with Gasteiger partial charge in [-0.3, -0.25) is 0 Å². The molecule has 0 unspecified atom stereocenters. The molecule has 0 aliphatic rings. The Hall–Kier alpha value is -2.62. The van der Waals surface area contributed by atoms with Crippen molar-refractivity contribution < 1.29 is 4.74 Å². The predicted molar refractivity (Wildman–Crippen MR) is 73.3 cm³/mol. The topological polar surface area (TPSA) is 39.9 Å². The second-order valence-electron chi connectivity index (χ2n) is 4.09. The molecule has 0 saturated carbocycles. The van der Waals surface area contributed by atoms with E-state index >= 15 is 0 Å². The van der Waals surface area contributed by atoms with E-state index in [9.17, 15) is 0 Å². The van der Waals surface area contributed by atoms with Gasteiger partial charge in [0, 0.05) is 18.0 Å². The minimum atomic E-state index is 0.802. The number of benzene rings is 1. The zero-order valence-corrected chi connectivity index (χ0v) is 10.5. The molecule has 1 aromatic carbocycles. The second kappa shape index (κ2) is 4.94. The first kappa shape index (κ1) is 11.5. The van der Waals surface area contributed by atoms with E-state index in [2.05, 4.69) is 10.1 Å². The molecule has 0 fully saturated rings. The summed E-state index contributed by atoms with van der Waals surface area (Å²) >= 11 is 0. The Morgan fingerprint density at radius 2 is 2.00 bits per heavy atom. The van der Waals surface area contributed by atoms with Crippen LogP contribution in [-0.2, 0) is 0 Å². The molecule has 4 nitrogen and oxygen atoms in total. The van der Waals surface area contributed by atoms with Gasteiger partial charge in [-0.15, -0.1) is 0 Å². The summed E-state index contributed by atoms with van der Waals surface area (Å²) in [5.74, 6) is 1.64. The van der Waals surface area contributed by atoms with Crippen LogP contribution in [0.25, 0.3) is 16.9 Å². The minimum Gasteiger partial charge on any atom is -0.497 e. The summed E-state index contributed by atoms with van der Waals surface area (Å²) in [6.45, 7) is 0. The average Bonchev–Trinajstić information content (AvgIpc) is 2.98. The first-order chi connectivity index (χ1) is 9.36. The maximum Gasteiger partial charge on any atom is 0.153 e. The van der Waals surface area contributed by atoms with Gasteiger partial charge in [-0.05, 0) is 29.8 Å². The number of hydrogen-bond acceptors (Lipinski definition) is 3. The zero-order valence-electron chi connectivity index (χ0n) is 10.5. The molecule has 2 heterocycles. The Balaban J connectivity index is 1.97. The molecular weight excluding hydrogens is 238 g/mol. The third-order valence-corrected chi connectivity index (χ3v) is 2.87. The third-order valence-electron chi connectivity index (χ3n) is 2.87. The largest absolute Gasteiger partial charge is 0.497 e. The Morgan fingerprint density at radius 1 is 1.05 bits per heavy atom. The van der Waals surface area contributed by atoms with Crippen molar-refractivity contribution >= 4 is 0 Å². The lowest BCUT2D eigenvalue weighted by molar-refractivity contribution is 0.415. The van der Waals surface area contributed by atoms with E-state index in [4.69, 9.17) is 4.74 Å². The van der Waals surface area contributed by atoms with Crippen molar-refractivity contribution in [3.8, 4) is 22.7 Å². The second-order valence-corrected chi connectivity index (χ2v) is 4.09. The summed E-state index contributed by atoms with van der Waals surface area (Å²) < 4.78 is 6.99. The summed E-state index contributed by atoms with van der Waals surface area (Å²) in [7, 11) is 1.66. The number of methoxy groups -OCH3 is 1. The van der Waals surface area contributed by atoms with Gasteiger partial charge in [-0.1, -0.05) is 18.2 Å². The van der Waals surface area contributed by atoms with Crippen molar-refractivity contribution in [3.63, 3.8) is 0 Å². The number of pyridine rings is 1. The molecule has 0 saturated heterocycles. The number of rotatable bonds is 3. The molecule has 0 radical (unpaired) electrons. The molecule has 94 valence electrons. The van der Waals surface area contributed by atoms with Crippen LogP contribution in [0.2, 0.25) is 0 Å². The van der Waals surface area contributed by atoms with Gasteiger partial charge in [0.25, 0.3) is 0 Å². The SMILES string of the molecule is COc1cccc(-c2cnn(-c3ccccn3)c2)c1. The summed E-state index contributed by atoms with van der Waals surface area (Å²) in [5, 5.41) is 4.33. The van der Waals surface area contributed by atoms with Crippen LogP contribution in [0, 0.1) is 0 Å². The third kappa shape index (κ3) is 2.33. The summed E-state index contributed by atoms with van der Waals surface area (Å²) in [6.07, 6.45) is 5.53. The van der Waals surface area contributed by atoms with Gasteiger partial charge in [0.15, 0.2) is 5.82 Å². The number of nitrogens with zero attached hydrogens (tertiary/aromatic N) is 3. The monoisotopic (exact) mass is 251 g/mol. The van der Waals surface area contributed by atoms with Crippen LogP contribution >= 0.6 is 0 Å². The first-order valence-corrected chi connectivity index (χ1v) is 5.97. The Labute approximate surface area is 111 Å². The molecule has 0 amide bonds.